The molecule has 0 aromatic heterocycles. The fraction of sp³-hybridized carbons (Fsp3) is 0.211. The van der Waals surface area contributed by atoms with Gasteiger partial charge < -0.3 is 24.6 Å². The van der Waals surface area contributed by atoms with E-state index in [9.17, 15) is 38.1 Å². The number of nitrogens with one attached hydrogen (secondary N) is 1. The first-order valence-electron chi connectivity index (χ1n) is 16.7. The van der Waals surface area contributed by atoms with Crippen LogP contribution in [-0.2, 0) is 29.1 Å². The zero-order valence-corrected chi connectivity index (χ0v) is 28.7. The molecule has 2 aliphatic rings. The third-order valence-corrected chi connectivity index (χ3v) is 8.84. The number of hydrogen-bond acceptors (Lipinski definition) is 9. The molecule has 16 heteroatoms. The van der Waals surface area contributed by atoms with E-state index in [0.29, 0.717) is 5.56 Å². The molecule has 0 radical (unpaired) electrons. The van der Waals surface area contributed by atoms with Crippen LogP contribution in [0.15, 0.2) is 110 Å². The maximum Gasteiger partial charge on any atom is 0.519 e. The van der Waals surface area contributed by atoms with Crippen molar-refractivity contribution in [2.75, 3.05) is 19.6 Å². The summed E-state index contributed by atoms with van der Waals surface area (Å²) >= 11 is 0. The highest BCUT2D eigenvalue weighted by Gasteiger charge is 2.51. The van der Waals surface area contributed by atoms with Gasteiger partial charge in [0, 0.05) is 49.8 Å². The van der Waals surface area contributed by atoms with E-state index in [0.717, 1.165) is 17.7 Å². The molecule has 2 atom stereocenters. The first-order valence-corrected chi connectivity index (χ1v) is 16.7. The standard InChI is InChI=1S/C38H34F2N6O8/c1-2-18-43-24-35(47)44-33(19-25-8-14-30(15-9-25)53-38(50)54-31-16-12-29(13-17-31)46(51)52)36(48)42(22-27-10-11-28(39)20-32(27)40)23-34(44)45(43)37(49)41-21-26-6-4-3-5-7-26/h2-17,20,33-34H,1,18-19,21-24H2,(H,41,49). The molecule has 2 saturated heterocycles. The summed E-state index contributed by atoms with van der Waals surface area (Å²) in [6.07, 6.45) is -0.593. The summed E-state index contributed by atoms with van der Waals surface area (Å²) in [6.45, 7) is 3.42. The van der Waals surface area contributed by atoms with Crippen LogP contribution in [0.1, 0.15) is 16.7 Å². The number of urea groups is 1. The number of non-ortho nitro benzene ring substituents is 1. The SMILES string of the molecule is C=CCN1CC(=O)N2C(Cc3ccc(OC(=O)Oc4ccc([N+](=O)[O-])cc4)cc3)C(=O)N(Cc3ccc(F)cc3F)CC2N1C(=O)NCc1ccccc1. The Kier molecular flexibility index (Phi) is 11.2. The van der Waals surface area contributed by atoms with E-state index in [4.69, 9.17) is 9.47 Å². The highest BCUT2D eigenvalue weighted by atomic mass is 19.1. The summed E-state index contributed by atoms with van der Waals surface area (Å²) in [6, 6.07) is 21.5. The van der Waals surface area contributed by atoms with Gasteiger partial charge >= 0.3 is 12.2 Å². The van der Waals surface area contributed by atoms with Gasteiger partial charge in [0.15, 0.2) is 0 Å². The van der Waals surface area contributed by atoms with Crippen molar-refractivity contribution < 1.29 is 42.4 Å². The molecule has 2 aliphatic heterocycles. The normalized spacial score (nSPS) is 17.1. The average molecular weight is 741 g/mol. The zero-order valence-electron chi connectivity index (χ0n) is 28.7. The molecule has 278 valence electrons. The number of hydrogen-bond donors (Lipinski definition) is 1. The molecule has 54 heavy (non-hydrogen) atoms. The van der Waals surface area contributed by atoms with Crippen LogP contribution in [0, 0.1) is 21.7 Å². The number of piperazine rings is 1. The molecule has 2 unspecified atom stereocenters. The number of nitrogens with zero attached hydrogens (tertiary/aromatic N) is 5. The Labute approximate surface area is 307 Å². The molecular formula is C38H34F2N6O8. The number of rotatable bonds is 11. The van der Waals surface area contributed by atoms with Crippen molar-refractivity contribution in [3.63, 3.8) is 0 Å². The minimum atomic E-state index is -1.14. The van der Waals surface area contributed by atoms with Gasteiger partial charge in [0.2, 0.25) is 11.8 Å². The van der Waals surface area contributed by atoms with Gasteiger partial charge in [-0.05, 0) is 41.5 Å². The van der Waals surface area contributed by atoms with Gasteiger partial charge in [-0.2, -0.15) is 0 Å². The number of benzene rings is 4. The van der Waals surface area contributed by atoms with E-state index in [1.54, 1.807) is 18.2 Å². The minimum Gasteiger partial charge on any atom is -0.395 e. The van der Waals surface area contributed by atoms with Crippen LogP contribution in [0.4, 0.5) is 24.1 Å². The number of carbonyl (C=O) groups is 4. The molecule has 4 aromatic rings. The van der Waals surface area contributed by atoms with Crippen molar-refractivity contribution in [3.05, 3.63) is 148 Å². The van der Waals surface area contributed by atoms with Gasteiger partial charge in [0.1, 0.15) is 35.3 Å². The van der Waals surface area contributed by atoms with E-state index in [1.165, 1.54) is 62.3 Å². The van der Waals surface area contributed by atoms with Crippen LogP contribution in [0.25, 0.3) is 0 Å². The number of ether oxygens (including phenoxy) is 2. The Hall–Kier alpha value is -6.68. The highest BCUT2D eigenvalue weighted by molar-refractivity contribution is 5.91. The molecule has 6 rings (SSSR count). The smallest absolute Gasteiger partial charge is 0.395 e. The van der Waals surface area contributed by atoms with Gasteiger partial charge in [-0.3, -0.25) is 19.7 Å². The summed E-state index contributed by atoms with van der Waals surface area (Å²) in [4.78, 5) is 67.4. The number of fused-ring (bicyclic) bond motifs is 1. The molecule has 0 aliphatic carbocycles. The van der Waals surface area contributed by atoms with Gasteiger partial charge in [0.05, 0.1) is 18.0 Å². The molecular weight excluding hydrogens is 706 g/mol. The predicted octanol–water partition coefficient (Wildman–Crippen LogP) is 5.19. The van der Waals surface area contributed by atoms with E-state index >= 15 is 0 Å². The Bertz CT molecular complexity index is 2050. The Balaban J connectivity index is 1.25. The highest BCUT2D eigenvalue weighted by Crippen LogP contribution is 2.30. The van der Waals surface area contributed by atoms with Gasteiger partial charge in [0.25, 0.3) is 5.69 Å². The zero-order chi connectivity index (χ0) is 38.4. The van der Waals surface area contributed by atoms with E-state index in [1.807, 2.05) is 30.3 Å². The van der Waals surface area contributed by atoms with E-state index in [-0.39, 0.29) is 61.9 Å². The number of carbonyl (C=O) groups excluding carboxylic acids is 4. The lowest BCUT2D eigenvalue weighted by Gasteiger charge is -2.55. The summed E-state index contributed by atoms with van der Waals surface area (Å²) < 4.78 is 39.0. The lowest BCUT2D eigenvalue weighted by molar-refractivity contribution is -0.384. The molecule has 2 fully saturated rings. The summed E-state index contributed by atoms with van der Waals surface area (Å²) in [7, 11) is 0. The van der Waals surface area contributed by atoms with Gasteiger partial charge in [-0.15, -0.1) is 6.58 Å². The van der Waals surface area contributed by atoms with Gasteiger partial charge in [-0.25, -0.2) is 28.4 Å². The number of amides is 4. The maximum absolute atomic E-state index is 14.9. The quantitative estimate of drug-likeness (QED) is 0.0720. The monoisotopic (exact) mass is 740 g/mol. The van der Waals surface area contributed by atoms with Crippen LogP contribution in [0.5, 0.6) is 11.5 Å². The fourth-order valence-electron chi connectivity index (χ4n) is 6.32. The molecule has 2 heterocycles. The second-order valence-corrected chi connectivity index (χ2v) is 12.4. The van der Waals surface area contributed by atoms with Crippen molar-refractivity contribution in [3.8, 4) is 11.5 Å². The molecule has 0 saturated carbocycles. The van der Waals surface area contributed by atoms with Crippen LogP contribution in [-0.4, -0.2) is 80.6 Å². The van der Waals surface area contributed by atoms with Crippen molar-refractivity contribution in [2.24, 2.45) is 0 Å². The summed E-state index contributed by atoms with van der Waals surface area (Å²) in [5, 5.41) is 16.7. The molecule has 4 aromatic carbocycles. The number of nitro benzene ring substituents is 1. The van der Waals surface area contributed by atoms with Crippen LogP contribution in [0.3, 0.4) is 0 Å². The predicted molar refractivity (Wildman–Crippen MR) is 188 cm³/mol. The number of halogens is 2. The van der Waals surface area contributed by atoms with Crippen molar-refractivity contribution >= 4 is 29.7 Å². The average Bonchev–Trinajstić information content (AvgIpc) is 3.15. The molecule has 4 amide bonds. The molecule has 0 spiro atoms. The van der Waals surface area contributed by atoms with E-state index in [2.05, 4.69) is 11.9 Å². The first kappa shape index (κ1) is 37.1. The van der Waals surface area contributed by atoms with Gasteiger partial charge in [-0.1, -0.05) is 54.6 Å². The van der Waals surface area contributed by atoms with Crippen molar-refractivity contribution in [2.45, 2.75) is 31.7 Å². The second kappa shape index (κ2) is 16.3. The number of hydrazine groups is 1. The second-order valence-electron chi connectivity index (χ2n) is 12.4. The summed E-state index contributed by atoms with van der Waals surface area (Å²) in [5.41, 5.74) is 1.26. The Morgan fingerprint density at radius 3 is 2.22 bits per heavy atom. The van der Waals surface area contributed by atoms with Crippen LogP contribution < -0.4 is 14.8 Å². The minimum absolute atomic E-state index is 0.0262. The maximum atomic E-state index is 14.9. The van der Waals surface area contributed by atoms with Crippen LogP contribution in [0.2, 0.25) is 0 Å². The Morgan fingerprint density at radius 2 is 1.59 bits per heavy atom. The van der Waals surface area contributed by atoms with Crippen molar-refractivity contribution in [1.82, 2.24) is 25.1 Å². The largest absolute Gasteiger partial charge is 0.519 e. The van der Waals surface area contributed by atoms with Crippen molar-refractivity contribution in [1.29, 1.82) is 0 Å². The van der Waals surface area contributed by atoms with Crippen LogP contribution >= 0.6 is 0 Å². The topological polar surface area (TPSA) is 155 Å². The Morgan fingerprint density at radius 1 is 0.926 bits per heavy atom. The van der Waals surface area contributed by atoms with E-state index < -0.39 is 52.8 Å². The molecule has 1 N–H and O–H groups in total. The number of nitro groups is 1. The molecule has 14 nitrogen and oxygen atoms in total. The third kappa shape index (κ3) is 8.50. The lowest BCUT2D eigenvalue weighted by Crippen LogP contribution is -2.76. The summed E-state index contributed by atoms with van der Waals surface area (Å²) in [5.74, 6) is -2.46. The molecule has 0 bridgehead atoms. The first-order chi connectivity index (χ1) is 26.0. The lowest BCUT2D eigenvalue weighted by atomic mass is 9.98. The third-order valence-electron chi connectivity index (χ3n) is 8.84. The fourth-order valence-corrected chi connectivity index (χ4v) is 6.32.